The van der Waals surface area contributed by atoms with E-state index < -0.39 is 0 Å². The smallest absolute Gasteiger partial charge is 0.252 e. The molecule has 33 heavy (non-hydrogen) atoms. The van der Waals surface area contributed by atoms with Crippen LogP contribution in [0.1, 0.15) is 41.8 Å². The van der Waals surface area contributed by atoms with E-state index in [0.29, 0.717) is 17.1 Å². The number of piperidine rings is 1. The lowest BCUT2D eigenvalue weighted by molar-refractivity contribution is -0.0770. The molecular weight excluding hydrogens is 438 g/mol. The zero-order chi connectivity index (χ0) is 22.7. The zero-order valence-corrected chi connectivity index (χ0v) is 19.3. The van der Waals surface area contributed by atoms with Crippen LogP contribution >= 0.6 is 11.6 Å². The Balaban J connectivity index is 1.09. The summed E-state index contributed by atoms with van der Waals surface area (Å²) in [5.41, 5.74) is 1.51. The maximum atomic E-state index is 12.3. The van der Waals surface area contributed by atoms with Crippen LogP contribution in [0.15, 0.2) is 65.3 Å². The Kier molecular flexibility index (Phi) is 6.49. The molecule has 0 bridgehead atoms. The number of furan rings is 1. The van der Waals surface area contributed by atoms with Gasteiger partial charge in [0.1, 0.15) is 11.5 Å². The molecule has 1 aromatic carbocycles. The van der Waals surface area contributed by atoms with E-state index >= 15 is 0 Å². The minimum absolute atomic E-state index is 0.0602. The van der Waals surface area contributed by atoms with Crippen LogP contribution in [0.2, 0.25) is 5.02 Å². The average Bonchev–Trinajstić information content (AvgIpc) is 3.47. The number of nitrogens with one attached hydrogen (secondary N) is 1. The number of hydrogen-bond donors (Lipinski definition) is 1. The maximum Gasteiger partial charge on any atom is 0.252 e. The summed E-state index contributed by atoms with van der Waals surface area (Å²) < 4.78 is 12.5. The van der Waals surface area contributed by atoms with Gasteiger partial charge in [-0.15, -0.1) is 0 Å². The third-order valence-corrected chi connectivity index (χ3v) is 6.91. The van der Waals surface area contributed by atoms with Crippen molar-refractivity contribution >= 4 is 17.5 Å². The van der Waals surface area contributed by atoms with Gasteiger partial charge in [0.15, 0.2) is 0 Å². The van der Waals surface area contributed by atoms with E-state index in [1.54, 1.807) is 24.5 Å². The summed E-state index contributed by atoms with van der Waals surface area (Å²) in [6.07, 6.45) is 7.35. The van der Waals surface area contributed by atoms with Crippen molar-refractivity contribution < 1.29 is 13.9 Å². The van der Waals surface area contributed by atoms with Crippen molar-refractivity contribution in [1.82, 2.24) is 15.2 Å². The Morgan fingerprint density at radius 3 is 2.82 bits per heavy atom. The van der Waals surface area contributed by atoms with Gasteiger partial charge in [-0.05, 0) is 62.1 Å². The molecule has 1 N–H and O–H groups in total. The molecule has 172 valence electrons. The monoisotopic (exact) mass is 465 g/mol. The summed E-state index contributed by atoms with van der Waals surface area (Å²) in [5.74, 6) is 1.71. The van der Waals surface area contributed by atoms with Crippen LogP contribution in [0.4, 0.5) is 0 Å². The molecule has 5 rings (SSSR count). The molecule has 2 aliphatic rings. The third kappa shape index (κ3) is 5.29. The molecule has 2 aliphatic heterocycles. The molecule has 7 heteroatoms. The van der Waals surface area contributed by atoms with E-state index in [2.05, 4.69) is 15.2 Å². The fourth-order valence-corrected chi connectivity index (χ4v) is 5.00. The second kappa shape index (κ2) is 9.67. The van der Waals surface area contributed by atoms with Gasteiger partial charge in [-0.2, -0.15) is 0 Å². The molecule has 6 nitrogen and oxygen atoms in total. The number of pyridine rings is 1. The quantitative estimate of drug-likeness (QED) is 0.558. The number of nitrogens with zero attached hydrogens (tertiary/aromatic N) is 2. The maximum absolute atomic E-state index is 12.3. The predicted octanol–water partition coefficient (Wildman–Crippen LogP) is 4.94. The van der Waals surface area contributed by atoms with Gasteiger partial charge in [0.25, 0.3) is 5.91 Å². The summed E-state index contributed by atoms with van der Waals surface area (Å²) in [4.78, 5) is 18.7. The number of likely N-dealkylation sites (tertiary alicyclic amines) is 1. The van der Waals surface area contributed by atoms with Crippen molar-refractivity contribution in [2.75, 3.05) is 19.6 Å². The molecule has 2 fully saturated rings. The standard InChI is InChI=1S/C26H28ClN3O3/c27-21-5-1-3-19(15-21)24-7-6-23(32-24)18-30-13-10-26(11-14-30)9-8-22(33-26)17-29-25(31)20-4-2-12-28-16-20/h1-7,12,15-16,22H,8-11,13-14,17-18H2,(H,29,31)/t22-/m1/s1. The normalized spacial score (nSPS) is 20.2. The molecule has 1 amide bonds. The van der Waals surface area contributed by atoms with Crippen LogP contribution in [0.5, 0.6) is 0 Å². The summed E-state index contributed by atoms with van der Waals surface area (Å²) in [6, 6.07) is 15.3. The van der Waals surface area contributed by atoms with E-state index in [4.69, 9.17) is 20.8 Å². The van der Waals surface area contributed by atoms with E-state index in [1.165, 1.54) is 0 Å². The van der Waals surface area contributed by atoms with E-state index in [-0.39, 0.29) is 17.6 Å². The third-order valence-electron chi connectivity index (χ3n) is 6.67. The van der Waals surface area contributed by atoms with Crippen molar-refractivity contribution in [3.8, 4) is 11.3 Å². The first-order chi connectivity index (χ1) is 16.1. The highest BCUT2D eigenvalue weighted by atomic mass is 35.5. The lowest BCUT2D eigenvalue weighted by Crippen LogP contribution is -2.44. The van der Waals surface area contributed by atoms with Crippen LogP contribution in [0.25, 0.3) is 11.3 Å². The molecule has 1 atom stereocenters. The van der Waals surface area contributed by atoms with Gasteiger partial charge in [0.05, 0.1) is 23.8 Å². The molecule has 0 saturated carbocycles. The van der Waals surface area contributed by atoms with Crippen LogP contribution in [0.3, 0.4) is 0 Å². The summed E-state index contributed by atoms with van der Waals surface area (Å²) in [5, 5.41) is 3.70. The van der Waals surface area contributed by atoms with Gasteiger partial charge in [0.2, 0.25) is 0 Å². The van der Waals surface area contributed by atoms with Crippen molar-refractivity contribution in [3.05, 3.63) is 77.3 Å². The highest BCUT2D eigenvalue weighted by Crippen LogP contribution is 2.39. The largest absolute Gasteiger partial charge is 0.460 e. The number of carbonyl (C=O) groups excluding carboxylic acids is 1. The fourth-order valence-electron chi connectivity index (χ4n) is 4.81. The van der Waals surface area contributed by atoms with Crippen molar-refractivity contribution in [1.29, 1.82) is 0 Å². The number of carbonyl (C=O) groups is 1. The van der Waals surface area contributed by atoms with Crippen molar-refractivity contribution in [2.24, 2.45) is 0 Å². The minimum Gasteiger partial charge on any atom is -0.460 e. The van der Waals surface area contributed by atoms with Crippen molar-refractivity contribution in [3.63, 3.8) is 0 Å². The molecule has 1 spiro atoms. The topological polar surface area (TPSA) is 67.6 Å². The van der Waals surface area contributed by atoms with Gasteiger partial charge in [-0.25, -0.2) is 0 Å². The Bertz CT molecular complexity index is 1090. The molecule has 4 heterocycles. The number of rotatable bonds is 6. The highest BCUT2D eigenvalue weighted by Gasteiger charge is 2.42. The molecule has 2 saturated heterocycles. The van der Waals surface area contributed by atoms with Crippen molar-refractivity contribution in [2.45, 2.75) is 43.9 Å². The molecule has 0 aliphatic carbocycles. The lowest BCUT2D eigenvalue weighted by Gasteiger charge is -2.39. The van der Waals surface area contributed by atoms with Gasteiger partial charge in [-0.3, -0.25) is 14.7 Å². The number of amides is 1. The van der Waals surface area contributed by atoms with Crippen LogP contribution < -0.4 is 5.32 Å². The summed E-state index contributed by atoms with van der Waals surface area (Å²) >= 11 is 6.11. The number of halogens is 1. The number of hydrogen-bond acceptors (Lipinski definition) is 5. The Morgan fingerprint density at radius 2 is 2.03 bits per heavy atom. The summed E-state index contributed by atoms with van der Waals surface area (Å²) in [6.45, 7) is 3.28. The molecule has 0 radical (unpaired) electrons. The second-order valence-corrected chi connectivity index (χ2v) is 9.40. The Labute approximate surface area is 198 Å². The van der Waals surface area contributed by atoms with Crippen LogP contribution in [-0.2, 0) is 11.3 Å². The van der Waals surface area contributed by atoms with Crippen LogP contribution in [0, 0.1) is 0 Å². The minimum atomic E-state index is -0.0990. The Hall–Kier alpha value is -2.67. The van der Waals surface area contributed by atoms with Gasteiger partial charge in [-0.1, -0.05) is 23.7 Å². The van der Waals surface area contributed by atoms with Gasteiger partial charge >= 0.3 is 0 Å². The van der Waals surface area contributed by atoms with Crippen LogP contribution in [-0.4, -0.2) is 47.1 Å². The van der Waals surface area contributed by atoms with E-state index in [9.17, 15) is 4.79 Å². The summed E-state index contributed by atoms with van der Waals surface area (Å²) in [7, 11) is 0. The molecule has 2 aromatic heterocycles. The first-order valence-corrected chi connectivity index (χ1v) is 11.9. The lowest BCUT2D eigenvalue weighted by atomic mass is 9.88. The van der Waals surface area contributed by atoms with Gasteiger partial charge < -0.3 is 14.5 Å². The van der Waals surface area contributed by atoms with E-state index in [1.807, 2.05) is 36.4 Å². The Morgan fingerprint density at radius 1 is 1.15 bits per heavy atom. The number of benzene rings is 1. The molecule has 0 unspecified atom stereocenters. The molecule has 3 aromatic rings. The van der Waals surface area contributed by atoms with Gasteiger partial charge in [0, 0.05) is 42.6 Å². The second-order valence-electron chi connectivity index (χ2n) is 8.97. The number of aromatic nitrogens is 1. The fraction of sp³-hybridized carbons (Fsp3) is 0.385. The number of ether oxygens (including phenoxy) is 1. The highest BCUT2D eigenvalue weighted by molar-refractivity contribution is 6.30. The predicted molar refractivity (Wildman–Crippen MR) is 127 cm³/mol. The average molecular weight is 466 g/mol. The SMILES string of the molecule is O=C(NC[C@H]1CCC2(CCN(Cc3ccc(-c4cccc(Cl)c4)o3)CC2)O1)c1cccnc1. The first kappa shape index (κ1) is 22.1. The first-order valence-electron chi connectivity index (χ1n) is 11.5. The molecular formula is C26H28ClN3O3. The zero-order valence-electron chi connectivity index (χ0n) is 18.5. The van der Waals surface area contributed by atoms with E-state index in [0.717, 1.165) is 62.4 Å².